The van der Waals surface area contributed by atoms with E-state index in [9.17, 15) is 5.21 Å². The molecule has 0 saturated carbocycles. The second-order valence-electron chi connectivity index (χ2n) is 8.19. The maximum Gasteiger partial charge on any atom is 0.142 e. The van der Waals surface area contributed by atoms with E-state index in [1.54, 1.807) is 12.4 Å². The monoisotopic (exact) mass is 402 g/mol. The third-order valence-electron chi connectivity index (χ3n) is 6.18. The number of piperazine rings is 1. The SMILES string of the molecule is CN1CCN(Cc2cc(-c3ccc4c(c3)CCC4=NO)c(-c3ccncc3)o2)CC1. The Bertz CT molecular complexity index is 1070. The summed E-state index contributed by atoms with van der Waals surface area (Å²) in [6.07, 6.45) is 5.29. The molecule has 0 radical (unpaired) electrons. The Morgan fingerprint density at radius 2 is 1.77 bits per heavy atom. The molecule has 2 aliphatic rings. The van der Waals surface area contributed by atoms with Crippen LogP contribution in [0.4, 0.5) is 0 Å². The lowest BCUT2D eigenvalue weighted by Gasteiger charge is -2.31. The van der Waals surface area contributed by atoms with Crippen LogP contribution in [0.25, 0.3) is 22.5 Å². The van der Waals surface area contributed by atoms with Gasteiger partial charge in [0.1, 0.15) is 11.5 Å². The van der Waals surface area contributed by atoms with E-state index in [1.807, 2.05) is 12.1 Å². The minimum atomic E-state index is 0.772. The molecular weight excluding hydrogens is 376 g/mol. The van der Waals surface area contributed by atoms with Gasteiger partial charge < -0.3 is 14.5 Å². The number of likely N-dealkylation sites (N-methyl/N-ethyl adjacent to an activating group) is 1. The maximum atomic E-state index is 9.23. The summed E-state index contributed by atoms with van der Waals surface area (Å²) in [5, 5.41) is 12.7. The average molecular weight is 402 g/mol. The molecule has 3 heterocycles. The first-order chi connectivity index (χ1) is 14.7. The van der Waals surface area contributed by atoms with Crippen LogP contribution in [0.3, 0.4) is 0 Å². The number of rotatable bonds is 4. The van der Waals surface area contributed by atoms with Gasteiger partial charge >= 0.3 is 0 Å². The zero-order chi connectivity index (χ0) is 20.5. The number of pyridine rings is 1. The van der Waals surface area contributed by atoms with E-state index < -0.39 is 0 Å². The molecule has 3 aromatic rings. The van der Waals surface area contributed by atoms with E-state index in [1.165, 1.54) is 5.56 Å². The van der Waals surface area contributed by atoms with Crippen LogP contribution in [0.1, 0.15) is 23.3 Å². The van der Waals surface area contributed by atoms with Crippen LogP contribution in [0, 0.1) is 0 Å². The lowest BCUT2D eigenvalue weighted by Crippen LogP contribution is -2.43. The van der Waals surface area contributed by atoms with E-state index in [0.29, 0.717) is 0 Å². The molecule has 6 heteroatoms. The van der Waals surface area contributed by atoms with Gasteiger partial charge in [-0.05, 0) is 49.2 Å². The molecule has 0 bridgehead atoms. The number of furan rings is 1. The quantitative estimate of drug-likeness (QED) is 0.530. The van der Waals surface area contributed by atoms with E-state index >= 15 is 0 Å². The largest absolute Gasteiger partial charge is 0.459 e. The van der Waals surface area contributed by atoms with Crippen molar-refractivity contribution in [1.29, 1.82) is 0 Å². The van der Waals surface area contributed by atoms with Crippen molar-refractivity contribution in [1.82, 2.24) is 14.8 Å². The zero-order valence-electron chi connectivity index (χ0n) is 17.2. The fraction of sp³-hybridized carbons (Fsp3) is 0.333. The lowest BCUT2D eigenvalue weighted by molar-refractivity contribution is 0.140. The molecule has 2 aromatic heterocycles. The summed E-state index contributed by atoms with van der Waals surface area (Å²) in [7, 11) is 2.17. The second kappa shape index (κ2) is 8.05. The summed E-state index contributed by atoms with van der Waals surface area (Å²) in [4.78, 5) is 8.97. The summed E-state index contributed by atoms with van der Waals surface area (Å²) in [6.45, 7) is 5.10. The highest BCUT2D eigenvalue weighted by Crippen LogP contribution is 2.37. The van der Waals surface area contributed by atoms with Crippen LogP contribution in [-0.2, 0) is 13.0 Å². The van der Waals surface area contributed by atoms with Gasteiger partial charge in [-0.2, -0.15) is 0 Å². The smallest absolute Gasteiger partial charge is 0.142 e. The summed E-state index contributed by atoms with van der Waals surface area (Å²) in [5.41, 5.74) is 6.31. The molecule has 5 rings (SSSR count). The van der Waals surface area contributed by atoms with Crippen molar-refractivity contribution in [3.63, 3.8) is 0 Å². The van der Waals surface area contributed by atoms with Crippen molar-refractivity contribution < 1.29 is 9.62 Å². The lowest BCUT2D eigenvalue weighted by atomic mass is 9.98. The molecule has 30 heavy (non-hydrogen) atoms. The topological polar surface area (TPSA) is 65.1 Å². The summed E-state index contributed by atoms with van der Waals surface area (Å²) < 4.78 is 6.40. The van der Waals surface area contributed by atoms with Gasteiger partial charge in [-0.1, -0.05) is 23.4 Å². The Labute approximate surface area is 176 Å². The first-order valence-electron chi connectivity index (χ1n) is 10.5. The summed E-state index contributed by atoms with van der Waals surface area (Å²) in [6, 6.07) is 12.5. The van der Waals surface area contributed by atoms with Gasteiger partial charge in [-0.15, -0.1) is 0 Å². The fourth-order valence-corrected chi connectivity index (χ4v) is 4.42. The Kier molecular flexibility index (Phi) is 5.11. The number of fused-ring (bicyclic) bond motifs is 1. The van der Waals surface area contributed by atoms with E-state index in [0.717, 1.165) is 85.1 Å². The molecule has 1 fully saturated rings. The third-order valence-corrected chi connectivity index (χ3v) is 6.18. The average Bonchev–Trinajstić information content (AvgIpc) is 3.39. The van der Waals surface area contributed by atoms with Gasteiger partial charge in [0.25, 0.3) is 0 Å². The number of aromatic nitrogens is 1. The van der Waals surface area contributed by atoms with Gasteiger partial charge in [0, 0.05) is 55.3 Å². The Morgan fingerprint density at radius 1 is 0.967 bits per heavy atom. The Hall–Kier alpha value is -2.96. The van der Waals surface area contributed by atoms with Crippen LogP contribution >= 0.6 is 0 Å². The molecule has 1 saturated heterocycles. The number of aryl methyl sites for hydroxylation is 1. The van der Waals surface area contributed by atoms with Crippen molar-refractivity contribution in [2.45, 2.75) is 19.4 Å². The highest BCUT2D eigenvalue weighted by molar-refractivity contribution is 6.04. The van der Waals surface area contributed by atoms with Crippen LogP contribution in [0.2, 0.25) is 0 Å². The van der Waals surface area contributed by atoms with Gasteiger partial charge in [0.05, 0.1) is 12.3 Å². The number of oxime groups is 1. The number of benzene rings is 1. The standard InChI is InChI=1S/C24H26N4O2/c1-27-10-12-28(13-11-27)16-20-15-22(24(30-20)17-6-8-25-9-7-17)19-2-4-21-18(14-19)3-5-23(21)26-29/h2,4,6-9,14-15,29H,3,5,10-13,16H2,1H3. The molecule has 0 unspecified atom stereocenters. The van der Waals surface area contributed by atoms with Crippen molar-refractivity contribution in [2.75, 3.05) is 33.2 Å². The van der Waals surface area contributed by atoms with Gasteiger partial charge in [-0.25, -0.2) is 0 Å². The number of hydrogen-bond acceptors (Lipinski definition) is 6. The highest BCUT2D eigenvalue weighted by atomic mass is 16.4. The molecule has 1 aromatic carbocycles. The maximum absolute atomic E-state index is 9.23. The van der Waals surface area contributed by atoms with Crippen molar-refractivity contribution >= 4 is 5.71 Å². The van der Waals surface area contributed by atoms with Crippen molar-refractivity contribution in [3.8, 4) is 22.5 Å². The Balaban J connectivity index is 1.51. The number of hydrogen-bond donors (Lipinski definition) is 1. The van der Waals surface area contributed by atoms with Gasteiger partial charge in [0.15, 0.2) is 0 Å². The summed E-state index contributed by atoms with van der Waals surface area (Å²) >= 11 is 0. The molecule has 1 N–H and O–H groups in total. The summed E-state index contributed by atoms with van der Waals surface area (Å²) in [5.74, 6) is 1.87. The minimum Gasteiger partial charge on any atom is -0.459 e. The second-order valence-corrected chi connectivity index (χ2v) is 8.19. The van der Waals surface area contributed by atoms with Crippen molar-refractivity contribution in [2.24, 2.45) is 5.16 Å². The molecule has 1 aliphatic heterocycles. The molecule has 0 amide bonds. The first kappa shape index (κ1) is 19.0. The van der Waals surface area contributed by atoms with Crippen LogP contribution in [0.15, 0.2) is 58.4 Å². The minimum absolute atomic E-state index is 0.772. The molecule has 0 atom stereocenters. The molecule has 154 valence electrons. The third kappa shape index (κ3) is 3.64. The highest BCUT2D eigenvalue weighted by Gasteiger charge is 2.22. The fourth-order valence-electron chi connectivity index (χ4n) is 4.42. The zero-order valence-corrected chi connectivity index (χ0v) is 17.2. The predicted molar refractivity (Wildman–Crippen MR) is 117 cm³/mol. The molecule has 1 aliphatic carbocycles. The van der Waals surface area contributed by atoms with E-state index in [-0.39, 0.29) is 0 Å². The molecular formula is C24H26N4O2. The number of nitrogens with zero attached hydrogens (tertiary/aromatic N) is 4. The predicted octanol–water partition coefficient (Wildman–Crippen LogP) is 3.88. The molecule has 0 spiro atoms. The van der Waals surface area contributed by atoms with Crippen LogP contribution in [0.5, 0.6) is 0 Å². The van der Waals surface area contributed by atoms with E-state index in [2.05, 4.69) is 51.3 Å². The van der Waals surface area contributed by atoms with Crippen LogP contribution in [-0.4, -0.2) is 58.9 Å². The van der Waals surface area contributed by atoms with Gasteiger partial charge in [0.2, 0.25) is 0 Å². The van der Waals surface area contributed by atoms with Crippen molar-refractivity contribution in [3.05, 3.63) is 65.7 Å². The first-order valence-corrected chi connectivity index (χ1v) is 10.5. The van der Waals surface area contributed by atoms with E-state index in [4.69, 9.17) is 4.42 Å². The normalized spacial score (nSPS) is 18.8. The van der Waals surface area contributed by atoms with Gasteiger partial charge in [-0.3, -0.25) is 9.88 Å². The Morgan fingerprint density at radius 3 is 2.53 bits per heavy atom. The van der Waals surface area contributed by atoms with Crippen LogP contribution < -0.4 is 0 Å². The molecule has 6 nitrogen and oxygen atoms in total.